The summed E-state index contributed by atoms with van der Waals surface area (Å²) in [5.74, 6) is -2.62. The van der Waals surface area contributed by atoms with Gasteiger partial charge in [0, 0.05) is 0 Å². The molecule has 0 fully saturated rings. The van der Waals surface area contributed by atoms with Crippen molar-refractivity contribution < 1.29 is 40.8 Å². The number of rotatable bonds is 2. The van der Waals surface area contributed by atoms with E-state index in [-0.39, 0.29) is 0 Å². The number of carbonyl (C=O) groups is 2. The van der Waals surface area contributed by atoms with Crippen LogP contribution in [0.15, 0.2) is 23.9 Å². The minimum absolute atomic E-state index is 0.562. The first-order valence-electron chi connectivity index (χ1n) is 3.35. The van der Waals surface area contributed by atoms with Crippen LogP contribution in [-0.4, -0.2) is 22.0 Å². The number of carbonyl (C=O) groups excluding carboxylic acids is 2. The molecule has 0 heterocycles. The molecule has 0 unspecified atom stereocenters. The number of hydrogen-bond donors (Lipinski definition) is 6. The average molecular weight is 271 g/mol. The Morgan fingerprint density at radius 2 is 1.00 bits per heavy atom. The van der Waals surface area contributed by atoms with Crippen molar-refractivity contribution in [2.75, 3.05) is 0 Å². The van der Waals surface area contributed by atoms with E-state index in [0.717, 1.165) is 29.5 Å². The molecule has 0 aliphatic heterocycles. The average Bonchev–Trinajstić information content (AvgIpc) is 2.03. The predicted molar refractivity (Wildman–Crippen MR) is 48.9 cm³/mol. The molecule has 16 heavy (non-hydrogen) atoms. The zero-order chi connectivity index (χ0) is 13.7. The van der Waals surface area contributed by atoms with E-state index in [1.807, 2.05) is 0 Å². The summed E-state index contributed by atoms with van der Waals surface area (Å²) in [6.45, 7) is 0. The molecule has 0 rings (SSSR count). The normalized spacial score (nSPS) is 9.94. The third-order valence-electron chi connectivity index (χ3n) is 0.580. The van der Waals surface area contributed by atoms with Crippen LogP contribution in [0, 0.1) is 0 Å². The van der Waals surface area contributed by atoms with Gasteiger partial charge in [-0.1, -0.05) is 0 Å². The van der Waals surface area contributed by atoms with Crippen LogP contribution in [0.25, 0.3) is 0 Å². The van der Waals surface area contributed by atoms with Crippen LogP contribution in [0.3, 0.4) is 0 Å². The van der Waals surface area contributed by atoms with Crippen LogP contribution in [0.1, 0.15) is 0 Å². The fourth-order valence-electron chi connectivity index (χ4n) is 0.292. The van der Waals surface area contributed by atoms with Gasteiger partial charge in [0.2, 0.25) is 11.8 Å². The van der Waals surface area contributed by atoms with Gasteiger partial charge in [0.1, 0.15) is 0 Å². The third kappa shape index (κ3) is 40.3. The zero-order valence-electron chi connectivity index (χ0n) is 8.03. The van der Waals surface area contributed by atoms with E-state index < -0.39 is 23.6 Å². The van der Waals surface area contributed by atoms with E-state index in [9.17, 15) is 9.59 Å². The van der Waals surface area contributed by atoms with Crippen LogP contribution >= 0.6 is 0 Å². The van der Waals surface area contributed by atoms with Crippen molar-refractivity contribution in [3.63, 3.8) is 0 Å². The van der Waals surface area contributed by atoms with Crippen molar-refractivity contribution in [3.05, 3.63) is 23.9 Å². The van der Waals surface area contributed by atoms with E-state index in [1.165, 1.54) is 0 Å². The van der Waals surface area contributed by atoms with E-state index in [2.05, 4.69) is 22.9 Å². The summed E-state index contributed by atoms with van der Waals surface area (Å²) < 4.78 is 8.19. The Labute approximate surface area is 100.0 Å². The Bertz CT molecular complexity index is 255. The molecule has 0 atom stereocenters. The molecule has 10 N–H and O–H groups in total. The molecule has 0 saturated heterocycles. The first-order valence-corrected chi connectivity index (χ1v) is 3.92. The Morgan fingerprint density at radius 1 is 0.812 bits per heavy atom. The number of primary amides is 2. The number of amides is 2. The molecular weight excluding hydrogens is 259 g/mol. The van der Waals surface area contributed by atoms with E-state index in [0.29, 0.717) is 0 Å². The number of hydrogen-bond acceptors (Lipinski definition) is 7. The second-order valence-corrected chi connectivity index (χ2v) is 1.94. The summed E-state index contributed by atoms with van der Waals surface area (Å²) in [5, 5.41) is 16.1. The van der Waals surface area contributed by atoms with Crippen molar-refractivity contribution in [1.82, 2.24) is 0 Å². The maximum absolute atomic E-state index is 9.72. The zero-order valence-corrected chi connectivity index (χ0v) is 9.43. The first kappa shape index (κ1) is 19.6. The molecule has 0 aliphatic carbocycles. The van der Waals surface area contributed by atoms with Gasteiger partial charge >= 0.3 is 21.0 Å². The molecule has 9 nitrogen and oxygen atoms in total. The van der Waals surface area contributed by atoms with Crippen molar-refractivity contribution in [2.45, 2.75) is 0 Å². The molecule has 0 bridgehead atoms. The van der Waals surface area contributed by atoms with Gasteiger partial charge in [-0.2, -0.15) is 0 Å². The Balaban J connectivity index is -0.000000183. The predicted octanol–water partition coefficient (Wildman–Crippen LogP) is -2.46. The number of aliphatic hydroxyl groups is 2. The molecule has 2 amide bonds. The van der Waals surface area contributed by atoms with Crippen molar-refractivity contribution in [1.29, 1.82) is 0 Å². The second-order valence-electron chi connectivity index (χ2n) is 1.94. The van der Waals surface area contributed by atoms with Gasteiger partial charge in [-0.25, -0.2) is 0 Å². The van der Waals surface area contributed by atoms with Crippen LogP contribution in [0.2, 0.25) is 0 Å². The van der Waals surface area contributed by atoms with Gasteiger partial charge in [0.15, 0.2) is 11.8 Å². The Kier molecular flexibility index (Phi) is 15.9. The first-order chi connectivity index (χ1) is 7.25. The molecule has 0 spiro atoms. The van der Waals surface area contributed by atoms with Gasteiger partial charge in [-0.15, -0.1) is 0 Å². The molecule has 0 aliphatic rings. The number of aliphatic hydroxyl groups excluding tert-OH is 2. The van der Waals surface area contributed by atoms with Crippen LogP contribution in [0.5, 0.6) is 0 Å². The van der Waals surface area contributed by atoms with Gasteiger partial charge in [0.05, 0.1) is 12.2 Å². The van der Waals surface area contributed by atoms with E-state index in [4.69, 9.17) is 13.9 Å². The topological polar surface area (TPSA) is 196 Å². The van der Waals surface area contributed by atoms with Gasteiger partial charge in [-0.05, 0) is 0 Å². The van der Waals surface area contributed by atoms with Crippen LogP contribution in [-0.2, 0) is 30.6 Å². The van der Waals surface area contributed by atoms with Gasteiger partial charge in [0.25, 0.3) is 0 Å². The fraction of sp³-hybridized carbons (Fsp3) is 0. The summed E-state index contributed by atoms with van der Waals surface area (Å²) in [7, 11) is 0. The molecule has 0 saturated carbocycles. The van der Waals surface area contributed by atoms with Gasteiger partial charge < -0.3 is 33.1 Å². The van der Waals surface area contributed by atoms with E-state index >= 15 is 0 Å². The Hall–Kier alpha value is -2.00. The van der Waals surface area contributed by atoms with Crippen LogP contribution < -0.4 is 22.9 Å². The van der Waals surface area contributed by atoms with Crippen molar-refractivity contribution in [3.8, 4) is 0 Å². The molecule has 91 valence electrons. The summed E-state index contributed by atoms with van der Waals surface area (Å²) in [5.41, 5.74) is 18.3. The summed E-state index contributed by atoms with van der Waals surface area (Å²) >= 11 is 1.06. The molecule has 0 radical (unpaired) electrons. The molecule has 0 aromatic heterocycles. The molecule has 10 heteroatoms. The molecule has 0 aromatic rings. The fourth-order valence-corrected chi connectivity index (χ4v) is 0.292. The SMILES string of the molecule is NC(=O)C=C(N)O.NC(=O)C=C(N)O.[O]=[V]. The monoisotopic (exact) mass is 271 g/mol. The second kappa shape index (κ2) is 13.0. The van der Waals surface area contributed by atoms with Crippen molar-refractivity contribution >= 4 is 11.8 Å². The maximum atomic E-state index is 9.72. The molecular formula is C6H12N4O5V. The summed E-state index contributed by atoms with van der Waals surface area (Å²) in [6, 6.07) is 0. The van der Waals surface area contributed by atoms with E-state index in [1.54, 1.807) is 0 Å². The minimum atomic E-state index is -0.750. The standard InChI is InChI=1S/2C3H6N2O2.O.V/c2*4-2(6)1-3(5)7;;/h2*1,6H,4H2,(H2,5,7);;. The van der Waals surface area contributed by atoms with Crippen LogP contribution in [0.4, 0.5) is 0 Å². The van der Waals surface area contributed by atoms with Gasteiger partial charge in [-0.3, -0.25) is 9.59 Å². The quantitative estimate of drug-likeness (QED) is 0.236. The number of nitrogens with two attached hydrogens (primary N) is 4. The summed E-state index contributed by atoms with van der Waals surface area (Å²) in [6.07, 6.45) is 1.44. The van der Waals surface area contributed by atoms with Crippen molar-refractivity contribution in [2.24, 2.45) is 22.9 Å². The Morgan fingerprint density at radius 3 is 1.00 bits per heavy atom. The summed E-state index contributed by atoms with van der Waals surface area (Å²) in [4.78, 5) is 19.4. The molecule has 0 aromatic carbocycles. The third-order valence-corrected chi connectivity index (χ3v) is 0.580.